The van der Waals surface area contributed by atoms with Crippen LogP contribution in [0.25, 0.3) is 0 Å². The summed E-state index contributed by atoms with van der Waals surface area (Å²) < 4.78 is 26.5. The Morgan fingerprint density at radius 2 is 1.65 bits per heavy atom. The van der Waals surface area contributed by atoms with Crippen LogP contribution in [-0.4, -0.2) is 24.5 Å². The van der Waals surface area contributed by atoms with Gasteiger partial charge in [-0.05, 0) is 43.6 Å². The molecule has 1 atom stereocenters. The summed E-state index contributed by atoms with van der Waals surface area (Å²) in [4.78, 5) is 2.29. The molecule has 114 valence electrons. The Balaban J connectivity index is 2.88. The van der Waals surface area contributed by atoms with Gasteiger partial charge in [0.05, 0.1) is 0 Å². The van der Waals surface area contributed by atoms with E-state index in [1.54, 1.807) is 6.07 Å². The monoisotopic (exact) mass is 284 g/mol. The van der Waals surface area contributed by atoms with Gasteiger partial charge in [0.15, 0.2) is 11.6 Å². The summed E-state index contributed by atoms with van der Waals surface area (Å²) in [5.41, 5.74) is 6.64. The summed E-state index contributed by atoms with van der Waals surface area (Å²) in [6, 6.07) is 4.06. The lowest BCUT2D eigenvalue weighted by Gasteiger charge is -2.31. The van der Waals surface area contributed by atoms with Crippen molar-refractivity contribution < 1.29 is 8.78 Å². The summed E-state index contributed by atoms with van der Waals surface area (Å²) in [5, 5.41) is 0. The highest BCUT2D eigenvalue weighted by atomic mass is 19.2. The first-order chi connectivity index (χ1) is 9.63. The number of hydrogen-bond acceptors (Lipinski definition) is 2. The fourth-order valence-corrected chi connectivity index (χ4v) is 2.36. The van der Waals surface area contributed by atoms with Crippen LogP contribution >= 0.6 is 0 Å². The predicted octanol–water partition coefficient (Wildman–Crippen LogP) is 3.87. The van der Waals surface area contributed by atoms with Gasteiger partial charge in [-0.3, -0.25) is 4.90 Å². The summed E-state index contributed by atoms with van der Waals surface area (Å²) in [6.07, 6.45) is 4.39. The Morgan fingerprint density at radius 1 is 1.05 bits per heavy atom. The standard InChI is InChI=1S/C16H26F2N2/c1-3-5-9-20(10-6-4-2)16(12-19)13-7-8-14(17)15(18)11-13/h7-8,11,16H,3-6,9-10,12,19H2,1-2H3. The van der Waals surface area contributed by atoms with Crippen molar-refractivity contribution in [3.8, 4) is 0 Å². The number of rotatable bonds is 9. The smallest absolute Gasteiger partial charge is 0.159 e. The van der Waals surface area contributed by atoms with Crippen LogP contribution in [0.1, 0.15) is 51.1 Å². The Bertz CT molecular complexity index is 388. The first-order valence-electron chi connectivity index (χ1n) is 7.53. The van der Waals surface area contributed by atoms with Crippen LogP contribution in [0, 0.1) is 11.6 Å². The minimum atomic E-state index is -0.807. The zero-order valence-corrected chi connectivity index (χ0v) is 12.5. The molecule has 0 bridgehead atoms. The maximum Gasteiger partial charge on any atom is 0.159 e. The van der Waals surface area contributed by atoms with E-state index in [1.807, 2.05) is 0 Å². The fourth-order valence-electron chi connectivity index (χ4n) is 2.36. The molecule has 2 N–H and O–H groups in total. The highest BCUT2D eigenvalue weighted by molar-refractivity contribution is 5.21. The number of unbranched alkanes of at least 4 members (excludes halogenated alkanes) is 2. The first-order valence-corrected chi connectivity index (χ1v) is 7.53. The average Bonchev–Trinajstić information content (AvgIpc) is 2.45. The molecule has 0 saturated carbocycles. The summed E-state index contributed by atoms with van der Waals surface area (Å²) >= 11 is 0. The highest BCUT2D eigenvalue weighted by Crippen LogP contribution is 2.22. The molecular formula is C16H26F2N2. The first kappa shape index (κ1) is 17.1. The van der Waals surface area contributed by atoms with Gasteiger partial charge < -0.3 is 5.73 Å². The Morgan fingerprint density at radius 3 is 2.10 bits per heavy atom. The quantitative estimate of drug-likeness (QED) is 0.746. The molecule has 0 aliphatic heterocycles. The largest absolute Gasteiger partial charge is 0.329 e. The van der Waals surface area contributed by atoms with Crippen molar-refractivity contribution in [2.24, 2.45) is 5.73 Å². The van der Waals surface area contributed by atoms with Crippen LogP contribution in [0.5, 0.6) is 0 Å². The van der Waals surface area contributed by atoms with E-state index in [2.05, 4.69) is 18.7 Å². The van der Waals surface area contributed by atoms with Crippen molar-refractivity contribution in [3.05, 3.63) is 35.4 Å². The maximum atomic E-state index is 13.4. The zero-order valence-electron chi connectivity index (χ0n) is 12.5. The molecule has 0 saturated heterocycles. The van der Waals surface area contributed by atoms with Crippen molar-refractivity contribution in [2.75, 3.05) is 19.6 Å². The molecule has 0 aliphatic carbocycles. The molecule has 0 fully saturated rings. The SMILES string of the molecule is CCCCN(CCCC)C(CN)c1ccc(F)c(F)c1. The van der Waals surface area contributed by atoms with Gasteiger partial charge in [0.1, 0.15) is 0 Å². The van der Waals surface area contributed by atoms with Gasteiger partial charge >= 0.3 is 0 Å². The van der Waals surface area contributed by atoms with E-state index in [0.29, 0.717) is 6.54 Å². The highest BCUT2D eigenvalue weighted by Gasteiger charge is 2.19. The van der Waals surface area contributed by atoms with Crippen molar-refractivity contribution in [1.29, 1.82) is 0 Å². The van der Waals surface area contributed by atoms with Gasteiger partial charge in [0.2, 0.25) is 0 Å². The topological polar surface area (TPSA) is 29.3 Å². The van der Waals surface area contributed by atoms with Crippen molar-refractivity contribution in [2.45, 2.75) is 45.6 Å². The van der Waals surface area contributed by atoms with Gasteiger partial charge in [-0.2, -0.15) is 0 Å². The van der Waals surface area contributed by atoms with Crippen LogP contribution in [-0.2, 0) is 0 Å². The van der Waals surface area contributed by atoms with Crippen LogP contribution < -0.4 is 5.73 Å². The molecule has 0 radical (unpaired) electrons. The summed E-state index contributed by atoms with van der Waals surface area (Å²) in [7, 11) is 0. The normalized spacial score (nSPS) is 12.9. The van der Waals surface area contributed by atoms with E-state index in [4.69, 9.17) is 5.73 Å². The molecule has 1 rings (SSSR count). The third kappa shape index (κ3) is 4.84. The molecule has 20 heavy (non-hydrogen) atoms. The van der Waals surface area contributed by atoms with Crippen molar-refractivity contribution in [3.63, 3.8) is 0 Å². The molecule has 1 unspecified atom stereocenters. The van der Waals surface area contributed by atoms with E-state index < -0.39 is 11.6 Å². The summed E-state index contributed by atoms with van der Waals surface area (Å²) in [6.45, 7) is 6.59. The van der Waals surface area contributed by atoms with Crippen molar-refractivity contribution in [1.82, 2.24) is 4.90 Å². The van der Waals surface area contributed by atoms with Gasteiger partial charge in [-0.25, -0.2) is 8.78 Å². The van der Waals surface area contributed by atoms with Gasteiger partial charge in [0, 0.05) is 12.6 Å². The lowest BCUT2D eigenvalue weighted by atomic mass is 10.0. The average molecular weight is 284 g/mol. The van der Waals surface area contributed by atoms with E-state index in [0.717, 1.165) is 44.3 Å². The van der Waals surface area contributed by atoms with Gasteiger partial charge in [-0.15, -0.1) is 0 Å². The van der Waals surface area contributed by atoms with E-state index in [1.165, 1.54) is 12.1 Å². The third-order valence-corrected chi connectivity index (χ3v) is 3.59. The lowest BCUT2D eigenvalue weighted by Crippen LogP contribution is -2.35. The maximum absolute atomic E-state index is 13.4. The Kier molecular flexibility index (Phi) is 7.70. The summed E-state index contributed by atoms with van der Waals surface area (Å²) in [5.74, 6) is -1.61. The zero-order chi connectivity index (χ0) is 15.0. The number of benzene rings is 1. The molecule has 0 heterocycles. The Labute approximate surface area is 121 Å². The molecule has 0 amide bonds. The predicted molar refractivity (Wildman–Crippen MR) is 79.5 cm³/mol. The molecular weight excluding hydrogens is 258 g/mol. The molecule has 0 aromatic heterocycles. The van der Waals surface area contributed by atoms with E-state index in [-0.39, 0.29) is 6.04 Å². The fraction of sp³-hybridized carbons (Fsp3) is 0.625. The van der Waals surface area contributed by atoms with Crippen LogP contribution in [0.3, 0.4) is 0 Å². The van der Waals surface area contributed by atoms with Gasteiger partial charge in [-0.1, -0.05) is 32.8 Å². The van der Waals surface area contributed by atoms with Gasteiger partial charge in [0.25, 0.3) is 0 Å². The minimum Gasteiger partial charge on any atom is -0.329 e. The molecule has 2 nitrogen and oxygen atoms in total. The molecule has 4 heteroatoms. The third-order valence-electron chi connectivity index (χ3n) is 3.59. The minimum absolute atomic E-state index is 0.0387. The van der Waals surface area contributed by atoms with Crippen molar-refractivity contribution >= 4 is 0 Å². The van der Waals surface area contributed by atoms with E-state index in [9.17, 15) is 8.78 Å². The van der Waals surface area contributed by atoms with Crippen LogP contribution in [0.4, 0.5) is 8.78 Å². The number of halogens is 2. The van der Waals surface area contributed by atoms with Crippen LogP contribution in [0.2, 0.25) is 0 Å². The second-order valence-corrected chi connectivity index (χ2v) is 5.17. The molecule has 0 aliphatic rings. The van der Waals surface area contributed by atoms with E-state index >= 15 is 0 Å². The second kappa shape index (κ2) is 9.03. The van der Waals surface area contributed by atoms with Crippen LogP contribution in [0.15, 0.2) is 18.2 Å². The number of nitrogens with two attached hydrogens (primary N) is 1. The molecule has 1 aromatic carbocycles. The molecule has 0 spiro atoms. The number of hydrogen-bond donors (Lipinski definition) is 1. The Hall–Kier alpha value is -1.00. The number of nitrogens with zero attached hydrogens (tertiary/aromatic N) is 1. The second-order valence-electron chi connectivity index (χ2n) is 5.17. The lowest BCUT2D eigenvalue weighted by molar-refractivity contribution is 0.195. The molecule has 1 aromatic rings.